The Morgan fingerprint density at radius 2 is 1.73 bits per heavy atom. The van der Waals surface area contributed by atoms with Crippen molar-refractivity contribution in [2.45, 2.75) is 13.0 Å². The van der Waals surface area contributed by atoms with Crippen LogP contribution in [0.15, 0.2) is 76.6 Å². The van der Waals surface area contributed by atoms with Crippen molar-refractivity contribution in [3.63, 3.8) is 0 Å². The summed E-state index contributed by atoms with van der Waals surface area (Å²) >= 11 is 4.18. The smallest absolute Gasteiger partial charge is 0.344 e. The minimum Gasteiger partial charge on any atom is -0.479 e. The van der Waals surface area contributed by atoms with E-state index in [0.717, 1.165) is 18.3 Å². The van der Waals surface area contributed by atoms with E-state index >= 15 is 0 Å². The van der Waals surface area contributed by atoms with Crippen LogP contribution >= 0.6 is 45.2 Å². The molecule has 0 bridgehead atoms. The van der Waals surface area contributed by atoms with E-state index in [1.807, 2.05) is 48.5 Å². The predicted molar refractivity (Wildman–Crippen MR) is 144 cm³/mol. The van der Waals surface area contributed by atoms with Crippen LogP contribution in [0.25, 0.3) is 22.3 Å². The second-order valence-electron chi connectivity index (χ2n) is 7.09. The van der Waals surface area contributed by atoms with Crippen LogP contribution < -0.4 is 10.3 Å². The molecule has 0 radical (unpaired) electrons. The normalized spacial score (nSPS) is 12.2. The van der Waals surface area contributed by atoms with Crippen LogP contribution in [0.4, 0.5) is 0 Å². The zero-order valence-electron chi connectivity index (χ0n) is 17.3. The standard InChI is InChI=1S/C24H17I2N3O4/c1-14(24(31)32)33-21-18(25)11-15(12-19(21)26)13-27-29-22(16-7-3-2-4-8-16)28-20-10-6-5-9-17(20)23(29)30/h2-14H,1H3,(H,31,32)/t14-/m1/s1. The number of halogens is 2. The van der Waals surface area contributed by atoms with E-state index < -0.39 is 12.1 Å². The summed E-state index contributed by atoms with van der Waals surface area (Å²) in [5, 5.41) is 14.1. The molecular formula is C24H17I2N3O4. The van der Waals surface area contributed by atoms with Crippen LogP contribution in [0.5, 0.6) is 5.75 Å². The van der Waals surface area contributed by atoms with Gasteiger partial charge in [0.2, 0.25) is 0 Å². The van der Waals surface area contributed by atoms with E-state index in [2.05, 4.69) is 55.3 Å². The number of para-hydroxylation sites is 1. The van der Waals surface area contributed by atoms with E-state index in [1.54, 1.807) is 24.4 Å². The van der Waals surface area contributed by atoms with Crippen molar-refractivity contribution in [2.24, 2.45) is 5.10 Å². The molecule has 33 heavy (non-hydrogen) atoms. The number of ether oxygens (including phenoxy) is 1. The molecule has 0 saturated carbocycles. The average molecular weight is 665 g/mol. The Labute approximate surface area is 216 Å². The van der Waals surface area contributed by atoms with Crippen molar-refractivity contribution in [2.75, 3.05) is 0 Å². The fraction of sp³-hybridized carbons (Fsp3) is 0.0833. The molecule has 1 heterocycles. The van der Waals surface area contributed by atoms with Gasteiger partial charge in [-0.25, -0.2) is 9.78 Å². The van der Waals surface area contributed by atoms with Gasteiger partial charge in [-0.15, -0.1) is 0 Å². The Morgan fingerprint density at radius 3 is 2.39 bits per heavy atom. The van der Waals surface area contributed by atoms with Gasteiger partial charge in [0.05, 0.1) is 24.3 Å². The summed E-state index contributed by atoms with van der Waals surface area (Å²) in [5.74, 6) is -0.100. The Morgan fingerprint density at radius 1 is 1.09 bits per heavy atom. The van der Waals surface area contributed by atoms with Gasteiger partial charge in [-0.3, -0.25) is 4.79 Å². The van der Waals surface area contributed by atoms with E-state index in [4.69, 9.17) is 9.84 Å². The van der Waals surface area contributed by atoms with E-state index in [1.165, 1.54) is 11.6 Å². The molecule has 3 aromatic carbocycles. The lowest BCUT2D eigenvalue weighted by Gasteiger charge is -2.14. The number of aromatic nitrogens is 2. The first kappa shape index (κ1) is 23.4. The van der Waals surface area contributed by atoms with Crippen molar-refractivity contribution in [1.82, 2.24) is 9.66 Å². The lowest BCUT2D eigenvalue weighted by atomic mass is 10.2. The topological polar surface area (TPSA) is 93.8 Å². The molecule has 1 aromatic heterocycles. The van der Waals surface area contributed by atoms with Crippen molar-refractivity contribution in [3.8, 4) is 17.1 Å². The van der Waals surface area contributed by atoms with Gasteiger partial charge in [0, 0.05) is 5.56 Å². The molecule has 0 aliphatic rings. The molecule has 9 heteroatoms. The summed E-state index contributed by atoms with van der Waals surface area (Å²) in [6.45, 7) is 1.48. The second-order valence-corrected chi connectivity index (χ2v) is 9.42. The Bertz CT molecular complexity index is 1410. The summed E-state index contributed by atoms with van der Waals surface area (Å²) in [7, 11) is 0. The summed E-state index contributed by atoms with van der Waals surface area (Å²) < 4.78 is 8.35. The third-order valence-corrected chi connectivity index (χ3v) is 6.37. The Hall–Kier alpha value is -2.80. The molecule has 0 saturated heterocycles. The monoisotopic (exact) mass is 665 g/mol. The molecule has 0 fully saturated rings. The lowest BCUT2D eigenvalue weighted by molar-refractivity contribution is -0.144. The van der Waals surface area contributed by atoms with Gasteiger partial charge in [0.25, 0.3) is 5.56 Å². The SMILES string of the molecule is C[C@@H](Oc1c(I)cc(C=Nn2c(-c3ccccc3)nc3ccccc3c2=O)cc1I)C(=O)O. The van der Waals surface area contributed by atoms with Gasteiger partial charge in [-0.05, 0) is 81.9 Å². The van der Waals surface area contributed by atoms with Gasteiger partial charge in [0.1, 0.15) is 5.75 Å². The number of carboxylic acid groups (broad SMARTS) is 1. The summed E-state index contributed by atoms with van der Waals surface area (Å²) in [5.41, 5.74) is 1.84. The second kappa shape index (κ2) is 10.00. The zero-order chi connectivity index (χ0) is 23.5. The van der Waals surface area contributed by atoms with Gasteiger partial charge in [-0.1, -0.05) is 42.5 Å². The summed E-state index contributed by atoms with van der Waals surface area (Å²) in [6, 6.07) is 20.2. The molecule has 0 spiro atoms. The number of aliphatic carboxylic acids is 1. The van der Waals surface area contributed by atoms with E-state index in [-0.39, 0.29) is 5.56 Å². The molecule has 1 atom stereocenters. The fourth-order valence-electron chi connectivity index (χ4n) is 3.12. The Balaban J connectivity index is 1.79. The van der Waals surface area contributed by atoms with E-state index in [9.17, 15) is 9.59 Å². The number of rotatable bonds is 6. The quantitative estimate of drug-likeness (QED) is 0.231. The molecule has 0 aliphatic heterocycles. The molecule has 166 valence electrons. The number of carboxylic acids is 1. The van der Waals surface area contributed by atoms with Crippen LogP contribution in [-0.2, 0) is 4.79 Å². The number of hydrogen-bond donors (Lipinski definition) is 1. The highest BCUT2D eigenvalue weighted by Gasteiger charge is 2.17. The van der Waals surface area contributed by atoms with Gasteiger partial charge in [-0.2, -0.15) is 9.78 Å². The number of nitrogens with zero attached hydrogens (tertiary/aromatic N) is 3. The highest BCUT2D eigenvalue weighted by Crippen LogP contribution is 2.29. The number of hydrogen-bond acceptors (Lipinski definition) is 5. The molecule has 0 aliphatic carbocycles. The van der Waals surface area contributed by atoms with Crippen molar-refractivity contribution in [3.05, 3.63) is 89.8 Å². The maximum absolute atomic E-state index is 13.2. The molecular weight excluding hydrogens is 648 g/mol. The highest BCUT2D eigenvalue weighted by molar-refractivity contribution is 14.1. The summed E-state index contributed by atoms with van der Waals surface area (Å²) in [4.78, 5) is 29.1. The van der Waals surface area contributed by atoms with Crippen LogP contribution in [0.1, 0.15) is 12.5 Å². The van der Waals surface area contributed by atoms with Crippen LogP contribution in [-0.4, -0.2) is 33.1 Å². The summed E-state index contributed by atoms with van der Waals surface area (Å²) in [6.07, 6.45) is 0.612. The Kier molecular flexibility index (Phi) is 7.08. The number of carbonyl (C=O) groups is 1. The molecule has 0 amide bonds. The molecule has 4 aromatic rings. The fourth-order valence-corrected chi connectivity index (χ4v) is 5.19. The maximum Gasteiger partial charge on any atom is 0.344 e. The number of fused-ring (bicyclic) bond motifs is 1. The highest BCUT2D eigenvalue weighted by atomic mass is 127. The van der Waals surface area contributed by atoms with Crippen molar-refractivity contribution in [1.29, 1.82) is 0 Å². The first-order chi connectivity index (χ1) is 15.8. The van der Waals surface area contributed by atoms with Crippen LogP contribution in [0, 0.1) is 7.14 Å². The molecule has 1 N–H and O–H groups in total. The average Bonchev–Trinajstić information content (AvgIpc) is 2.81. The first-order valence-electron chi connectivity index (χ1n) is 9.85. The minimum absolute atomic E-state index is 0.268. The van der Waals surface area contributed by atoms with Crippen molar-refractivity contribution >= 4 is 68.3 Å². The third kappa shape index (κ3) is 5.08. The molecule has 4 rings (SSSR count). The van der Waals surface area contributed by atoms with Gasteiger partial charge in [0.15, 0.2) is 11.9 Å². The predicted octanol–water partition coefficient (Wildman–Crippen LogP) is 5.01. The van der Waals surface area contributed by atoms with Gasteiger partial charge < -0.3 is 9.84 Å². The largest absolute Gasteiger partial charge is 0.479 e. The third-order valence-electron chi connectivity index (χ3n) is 4.77. The first-order valence-corrected chi connectivity index (χ1v) is 12.0. The van der Waals surface area contributed by atoms with Crippen LogP contribution in [0.2, 0.25) is 0 Å². The van der Waals surface area contributed by atoms with Crippen LogP contribution in [0.3, 0.4) is 0 Å². The lowest BCUT2D eigenvalue weighted by Crippen LogP contribution is -2.23. The molecule has 0 unspecified atom stereocenters. The zero-order valence-corrected chi connectivity index (χ0v) is 21.6. The van der Waals surface area contributed by atoms with Crippen molar-refractivity contribution < 1.29 is 14.6 Å². The number of benzene rings is 3. The molecule has 7 nitrogen and oxygen atoms in total. The van der Waals surface area contributed by atoms with Gasteiger partial charge >= 0.3 is 5.97 Å². The minimum atomic E-state index is -1.04. The van der Waals surface area contributed by atoms with E-state index in [0.29, 0.717) is 22.5 Å². The maximum atomic E-state index is 13.2.